The van der Waals surface area contributed by atoms with E-state index in [2.05, 4.69) is 16.0 Å². The largest absolute Gasteiger partial charge is 0.482 e. The Morgan fingerprint density at radius 2 is 1.53 bits per heavy atom. The zero-order chi connectivity index (χ0) is 27.2. The summed E-state index contributed by atoms with van der Waals surface area (Å²) in [7, 11) is 0. The summed E-state index contributed by atoms with van der Waals surface area (Å²) in [5.74, 6) is -3.22. The first-order valence-electron chi connectivity index (χ1n) is 11.1. The summed E-state index contributed by atoms with van der Waals surface area (Å²) in [6.45, 7) is -1.06. The van der Waals surface area contributed by atoms with E-state index < -0.39 is 48.5 Å². The minimum atomic E-state index is -0.822. The van der Waals surface area contributed by atoms with E-state index in [4.69, 9.17) is 16.3 Å². The lowest BCUT2D eigenvalue weighted by Gasteiger charge is -2.12. The highest BCUT2D eigenvalue weighted by Crippen LogP contribution is 2.27. The fourth-order valence-corrected chi connectivity index (χ4v) is 3.64. The molecule has 9 nitrogen and oxygen atoms in total. The second-order valence-corrected chi connectivity index (χ2v) is 8.32. The van der Waals surface area contributed by atoms with Crippen LogP contribution in [0.3, 0.4) is 0 Å². The molecule has 1 saturated heterocycles. The molecule has 1 aliphatic heterocycles. The summed E-state index contributed by atoms with van der Waals surface area (Å²) in [5.41, 5.74) is 0.236. The van der Waals surface area contributed by atoms with E-state index in [1.807, 2.05) is 0 Å². The number of benzene rings is 3. The number of hydrogen-bond donors (Lipinski definition) is 3. The highest BCUT2D eigenvalue weighted by molar-refractivity contribution is 6.32. The number of nitrogens with zero attached hydrogens (tertiary/aromatic N) is 1. The van der Waals surface area contributed by atoms with Crippen molar-refractivity contribution in [3.8, 4) is 5.75 Å². The van der Waals surface area contributed by atoms with E-state index in [1.54, 1.807) is 6.07 Å². The van der Waals surface area contributed by atoms with Gasteiger partial charge in [-0.05, 0) is 48.0 Å². The van der Waals surface area contributed by atoms with Crippen LogP contribution in [0.15, 0.2) is 72.4 Å². The zero-order valence-electron chi connectivity index (χ0n) is 19.5. The maximum absolute atomic E-state index is 13.7. The van der Waals surface area contributed by atoms with Crippen molar-refractivity contribution in [1.82, 2.24) is 10.2 Å². The average Bonchev–Trinajstić information content (AvgIpc) is 3.13. The quantitative estimate of drug-likeness (QED) is 0.293. The topological polar surface area (TPSA) is 117 Å². The van der Waals surface area contributed by atoms with Crippen LogP contribution >= 0.6 is 11.6 Å². The second-order valence-electron chi connectivity index (χ2n) is 7.91. The van der Waals surface area contributed by atoms with Crippen LogP contribution in [0.1, 0.15) is 5.56 Å². The van der Waals surface area contributed by atoms with Gasteiger partial charge in [0.2, 0.25) is 5.91 Å². The fraction of sp³-hybridized carbons (Fsp3) is 0.0769. The summed E-state index contributed by atoms with van der Waals surface area (Å²) in [4.78, 5) is 49.9. The lowest BCUT2D eigenvalue weighted by molar-refractivity contribution is -0.127. The van der Waals surface area contributed by atoms with Crippen molar-refractivity contribution in [2.45, 2.75) is 0 Å². The molecule has 1 fully saturated rings. The van der Waals surface area contributed by atoms with Crippen LogP contribution in [0, 0.1) is 11.6 Å². The molecule has 3 aromatic rings. The number of amides is 5. The molecule has 1 aliphatic rings. The van der Waals surface area contributed by atoms with Crippen LogP contribution in [-0.2, 0) is 14.4 Å². The summed E-state index contributed by atoms with van der Waals surface area (Å²) in [5, 5.41) is 7.17. The number of urea groups is 1. The Kier molecular flexibility index (Phi) is 7.97. The Hall–Kier alpha value is -4.77. The number of carbonyl (C=O) groups excluding carboxylic acids is 4. The van der Waals surface area contributed by atoms with Crippen LogP contribution in [0.25, 0.3) is 6.08 Å². The molecule has 38 heavy (non-hydrogen) atoms. The van der Waals surface area contributed by atoms with Crippen molar-refractivity contribution in [1.29, 1.82) is 0 Å². The third-order valence-electron chi connectivity index (χ3n) is 5.19. The number of imide groups is 1. The molecule has 0 atom stereocenters. The van der Waals surface area contributed by atoms with Crippen molar-refractivity contribution in [2.24, 2.45) is 0 Å². The number of nitrogens with one attached hydrogen (secondary N) is 3. The van der Waals surface area contributed by atoms with Gasteiger partial charge in [-0.1, -0.05) is 41.9 Å². The minimum Gasteiger partial charge on any atom is -0.482 e. The van der Waals surface area contributed by atoms with Crippen molar-refractivity contribution < 1.29 is 32.7 Å². The van der Waals surface area contributed by atoms with E-state index in [9.17, 15) is 28.0 Å². The number of hydrogen-bond acceptors (Lipinski definition) is 5. The third kappa shape index (κ3) is 6.31. The Bertz CT molecular complexity index is 1460. The maximum atomic E-state index is 13.7. The zero-order valence-corrected chi connectivity index (χ0v) is 20.2. The van der Waals surface area contributed by atoms with Gasteiger partial charge in [0, 0.05) is 0 Å². The van der Waals surface area contributed by atoms with Crippen LogP contribution in [-0.4, -0.2) is 41.8 Å². The van der Waals surface area contributed by atoms with Crippen molar-refractivity contribution in [3.63, 3.8) is 0 Å². The number of rotatable bonds is 8. The van der Waals surface area contributed by atoms with Crippen LogP contribution < -0.4 is 20.7 Å². The number of para-hydroxylation sites is 2. The van der Waals surface area contributed by atoms with E-state index in [0.29, 0.717) is 10.5 Å². The molecule has 0 radical (unpaired) electrons. The maximum Gasteiger partial charge on any atom is 0.329 e. The molecule has 5 amide bonds. The lowest BCUT2D eigenvalue weighted by atomic mass is 10.2. The lowest BCUT2D eigenvalue weighted by Crippen LogP contribution is -2.38. The number of halogens is 3. The molecule has 1 heterocycles. The number of carbonyl (C=O) groups is 4. The Labute approximate surface area is 220 Å². The first-order valence-corrected chi connectivity index (χ1v) is 11.4. The summed E-state index contributed by atoms with van der Waals surface area (Å²) in [6, 6.07) is 14.7. The molecule has 194 valence electrons. The van der Waals surface area contributed by atoms with Crippen molar-refractivity contribution in [2.75, 3.05) is 23.8 Å². The summed E-state index contributed by atoms with van der Waals surface area (Å²) in [6.07, 6.45) is 1.34. The molecular formula is C26H19ClF2N4O5. The first kappa shape index (κ1) is 26.3. The van der Waals surface area contributed by atoms with Gasteiger partial charge in [-0.15, -0.1) is 0 Å². The standard InChI is InChI=1S/C26H19ClF2N4O5/c27-16-11-15(9-10-22(16)38-14-24(35)31-20-8-4-2-6-18(20)29)12-21-25(36)33(26(37)32-21)13-23(34)30-19-7-3-1-5-17(19)28/h1-12H,13-14H2,(H,30,34)(H,31,35)(H,32,37)/b21-12-. The highest BCUT2D eigenvalue weighted by Gasteiger charge is 2.35. The van der Waals surface area contributed by atoms with Gasteiger partial charge in [0.05, 0.1) is 16.4 Å². The normalized spacial score (nSPS) is 13.9. The van der Waals surface area contributed by atoms with E-state index >= 15 is 0 Å². The van der Waals surface area contributed by atoms with Crippen LogP contribution in [0.4, 0.5) is 25.0 Å². The molecule has 0 aromatic heterocycles. The molecule has 4 rings (SSSR count). The predicted molar refractivity (Wildman–Crippen MR) is 135 cm³/mol. The van der Waals surface area contributed by atoms with Gasteiger partial charge in [-0.25, -0.2) is 18.5 Å². The monoisotopic (exact) mass is 540 g/mol. The number of ether oxygens (including phenoxy) is 1. The molecular weight excluding hydrogens is 522 g/mol. The molecule has 0 aliphatic carbocycles. The van der Waals surface area contributed by atoms with Crippen LogP contribution in [0.5, 0.6) is 5.75 Å². The van der Waals surface area contributed by atoms with E-state index in [-0.39, 0.29) is 27.8 Å². The van der Waals surface area contributed by atoms with E-state index in [0.717, 1.165) is 6.07 Å². The minimum absolute atomic E-state index is 0.0104. The van der Waals surface area contributed by atoms with Crippen molar-refractivity contribution in [3.05, 3.63) is 94.6 Å². The van der Waals surface area contributed by atoms with Crippen LogP contribution in [0.2, 0.25) is 5.02 Å². The average molecular weight is 541 g/mol. The summed E-state index contributed by atoms with van der Waals surface area (Å²) >= 11 is 6.22. The van der Waals surface area contributed by atoms with Gasteiger partial charge in [0.1, 0.15) is 29.6 Å². The molecule has 0 saturated carbocycles. The van der Waals surface area contributed by atoms with Crippen molar-refractivity contribution >= 4 is 52.8 Å². The van der Waals surface area contributed by atoms with Gasteiger partial charge in [0.25, 0.3) is 11.8 Å². The molecule has 3 aromatic carbocycles. The fourth-order valence-electron chi connectivity index (χ4n) is 3.39. The van der Waals surface area contributed by atoms with Gasteiger partial charge in [-0.3, -0.25) is 14.4 Å². The molecule has 3 N–H and O–H groups in total. The Morgan fingerprint density at radius 1 is 0.921 bits per heavy atom. The van der Waals surface area contributed by atoms with Gasteiger partial charge in [-0.2, -0.15) is 0 Å². The Morgan fingerprint density at radius 3 is 2.13 bits per heavy atom. The number of anilines is 2. The SMILES string of the molecule is O=C(COc1ccc(/C=C2\NC(=O)N(CC(=O)Nc3ccccc3F)C2=O)cc1Cl)Nc1ccccc1F. The highest BCUT2D eigenvalue weighted by atomic mass is 35.5. The van der Waals surface area contributed by atoms with Gasteiger partial charge >= 0.3 is 6.03 Å². The van der Waals surface area contributed by atoms with Gasteiger partial charge in [0.15, 0.2) is 6.61 Å². The summed E-state index contributed by atoms with van der Waals surface area (Å²) < 4.78 is 32.8. The van der Waals surface area contributed by atoms with Gasteiger partial charge < -0.3 is 20.7 Å². The molecule has 0 unspecified atom stereocenters. The Balaban J connectivity index is 1.36. The molecule has 0 bridgehead atoms. The molecule has 0 spiro atoms. The van der Waals surface area contributed by atoms with E-state index in [1.165, 1.54) is 60.7 Å². The smallest absolute Gasteiger partial charge is 0.329 e. The third-order valence-corrected chi connectivity index (χ3v) is 5.48. The second kappa shape index (κ2) is 11.5. The first-order chi connectivity index (χ1) is 18.2. The molecule has 12 heteroatoms. The predicted octanol–water partition coefficient (Wildman–Crippen LogP) is 4.17.